The number of nitrogens with zero attached hydrogens (tertiary/aromatic N) is 4. The predicted octanol–water partition coefficient (Wildman–Crippen LogP) is 0.608. The third kappa shape index (κ3) is 2.46. The van der Waals surface area contributed by atoms with Gasteiger partial charge in [0.15, 0.2) is 0 Å². The van der Waals surface area contributed by atoms with Gasteiger partial charge in [0.05, 0.1) is 12.8 Å². The van der Waals surface area contributed by atoms with Gasteiger partial charge in [0.25, 0.3) is 0 Å². The Morgan fingerprint density at radius 2 is 2.14 bits per heavy atom. The Bertz CT molecular complexity index is 838. The van der Waals surface area contributed by atoms with Gasteiger partial charge in [-0.05, 0) is 12.1 Å². The molecule has 0 aliphatic carbocycles. The highest BCUT2D eigenvalue weighted by molar-refractivity contribution is 5.64. The van der Waals surface area contributed by atoms with Crippen molar-refractivity contribution in [1.29, 1.82) is 0 Å². The second-order valence-electron chi connectivity index (χ2n) is 4.23. The summed E-state index contributed by atoms with van der Waals surface area (Å²) in [5, 5.41) is 4.34. The molecule has 0 aliphatic rings. The zero-order valence-corrected chi connectivity index (χ0v) is 11.1. The van der Waals surface area contributed by atoms with E-state index in [0.717, 1.165) is 17.6 Å². The normalized spacial score (nSPS) is 10.5. The summed E-state index contributed by atoms with van der Waals surface area (Å²) < 4.78 is 6.52. The summed E-state index contributed by atoms with van der Waals surface area (Å²) in [4.78, 5) is 21.1. The molecule has 0 atom stereocenters. The SMILES string of the molecule is COc1cccc(-c2cc(N)n(-c3ncnc(=O)[nH]3)n2)c1. The Morgan fingerprint density at radius 3 is 2.90 bits per heavy atom. The first-order valence-corrected chi connectivity index (χ1v) is 6.09. The fourth-order valence-corrected chi connectivity index (χ4v) is 1.89. The van der Waals surface area contributed by atoms with Crippen molar-refractivity contribution in [1.82, 2.24) is 24.7 Å². The number of benzene rings is 1. The van der Waals surface area contributed by atoms with Crippen LogP contribution in [0.1, 0.15) is 0 Å². The van der Waals surface area contributed by atoms with Crippen LogP contribution in [-0.4, -0.2) is 31.8 Å². The van der Waals surface area contributed by atoms with E-state index in [2.05, 4.69) is 20.1 Å². The van der Waals surface area contributed by atoms with E-state index in [9.17, 15) is 4.79 Å². The van der Waals surface area contributed by atoms with Crippen molar-refractivity contribution in [2.24, 2.45) is 0 Å². The van der Waals surface area contributed by atoms with Crippen LogP contribution < -0.4 is 16.2 Å². The van der Waals surface area contributed by atoms with E-state index in [1.807, 2.05) is 24.3 Å². The number of methoxy groups -OCH3 is 1. The Balaban J connectivity index is 2.07. The monoisotopic (exact) mass is 284 g/mol. The van der Waals surface area contributed by atoms with Crippen molar-refractivity contribution in [3.8, 4) is 23.0 Å². The molecule has 3 N–H and O–H groups in total. The Hall–Kier alpha value is -3.16. The van der Waals surface area contributed by atoms with E-state index in [-0.39, 0.29) is 5.95 Å². The van der Waals surface area contributed by atoms with E-state index < -0.39 is 5.69 Å². The number of hydrogen-bond donors (Lipinski definition) is 2. The average molecular weight is 284 g/mol. The van der Waals surface area contributed by atoms with Gasteiger partial charge in [-0.3, -0.25) is 4.98 Å². The number of hydrogen-bond acceptors (Lipinski definition) is 6. The van der Waals surface area contributed by atoms with Crippen LogP contribution in [0.15, 0.2) is 41.5 Å². The summed E-state index contributed by atoms with van der Waals surface area (Å²) >= 11 is 0. The number of H-pyrrole nitrogens is 1. The molecule has 0 radical (unpaired) electrons. The van der Waals surface area contributed by atoms with Crippen LogP contribution in [0.25, 0.3) is 17.2 Å². The summed E-state index contributed by atoms with van der Waals surface area (Å²) in [5.41, 5.74) is 6.89. The molecule has 0 saturated heterocycles. The van der Waals surface area contributed by atoms with E-state index in [4.69, 9.17) is 10.5 Å². The van der Waals surface area contributed by atoms with Crippen molar-refractivity contribution < 1.29 is 4.74 Å². The van der Waals surface area contributed by atoms with Gasteiger partial charge < -0.3 is 10.5 Å². The minimum Gasteiger partial charge on any atom is -0.497 e. The number of ether oxygens (including phenoxy) is 1. The zero-order valence-electron chi connectivity index (χ0n) is 11.1. The number of aromatic nitrogens is 5. The summed E-state index contributed by atoms with van der Waals surface area (Å²) in [6, 6.07) is 9.11. The van der Waals surface area contributed by atoms with Crippen LogP contribution >= 0.6 is 0 Å². The molecule has 8 nitrogen and oxygen atoms in total. The highest BCUT2D eigenvalue weighted by Gasteiger charge is 2.11. The fraction of sp³-hybridized carbons (Fsp3) is 0.0769. The number of rotatable bonds is 3. The van der Waals surface area contributed by atoms with Gasteiger partial charge in [-0.25, -0.2) is 9.78 Å². The molecule has 0 saturated carbocycles. The molecule has 2 aromatic heterocycles. The summed E-state index contributed by atoms with van der Waals surface area (Å²) in [6.07, 6.45) is 1.15. The molecule has 106 valence electrons. The highest BCUT2D eigenvalue weighted by Crippen LogP contribution is 2.24. The molecule has 0 unspecified atom stereocenters. The van der Waals surface area contributed by atoms with E-state index in [1.165, 1.54) is 4.68 Å². The van der Waals surface area contributed by atoms with Gasteiger partial charge in [-0.2, -0.15) is 14.8 Å². The molecule has 0 bridgehead atoms. The molecule has 0 aliphatic heterocycles. The second kappa shape index (κ2) is 5.08. The minimum absolute atomic E-state index is 0.210. The smallest absolute Gasteiger partial charge is 0.349 e. The average Bonchev–Trinajstić information content (AvgIpc) is 2.89. The third-order valence-electron chi connectivity index (χ3n) is 2.88. The molecular weight excluding hydrogens is 272 g/mol. The van der Waals surface area contributed by atoms with Gasteiger partial charge in [0.1, 0.15) is 17.9 Å². The maximum absolute atomic E-state index is 11.2. The number of nitrogens with two attached hydrogens (primary N) is 1. The second-order valence-corrected chi connectivity index (χ2v) is 4.23. The lowest BCUT2D eigenvalue weighted by atomic mass is 10.1. The molecule has 2 heterocycles. The number of nitrogen functional groups attached to an aromatic ring is 1. The molecule has 0 spiro atoms. The van der Waals surface area contributed by atoms with E-state index in [0.29, 0.717) is 11.5 Å². The molecule has 0 fully saturated rings. The van der Waals surface area contributed by atoms with Crippen molar-refractivity contribution in [2.75, 3.05) is 12.8 Å². The molecule has 1 aromatic carbocycles. The lowest BCUT2D eigenvalue weighted by molar-refractivity contribution is 0.415. The van der Waals surface area contributed by atoms with Crippen LogP contribution in [0.5, 0.6) is 5.75 Å². The standard InChI is InChI=1S/C13H12N6O2/c1-21-9-4-2-3-8(5-9)10-6-11(14)19(18-10)12-15-7-16-13(20)17-12/h2-7H,14H2,1H3,(H,15,16,17,20). The van der Waals surface area contributed by atoms with Gasteiger partial charge in [-0.15, -0.1) is 0 Å². The Labute approximate surface area is 119 Å². The van der Waals surface area contributed by atoms with Crippen LogP contribution in [0.4, 0.5) is 5.82 Å². The number of anilines is 1. The van der Waals surface area contributed by atoms with Crippen LogP contribution in [0.3, 0.4) is 0 Å². The first kappa shape index (κ1) is 12.9. The molecule has 3 aromatic rings. The highest BCUT2D eigenvalue weighted by atomic mass is 16.5. The van der Waals surface area contributed by atoms with Gasteiger partial charge in [0.2, 0.25) is 5.95 Å². The van der Waals surface area contributed by atoms with E-state index in [1.54, 1.807) is 13.2 Å². The molecule has 8 heteroatoms. The van der Waals surface area contributed by atoms with Gasteiger partial charge in [0, 0.05) is 11.6 Å². The van der Waals surface area contributed by atoms with Crippen molar-refractivity contribution in [2.45, 2.75) is 0 Å². The largest absolute Gasteiger partial charge is 0.497 e. The topological polar surface area (TPSA) is 112 Å². The minimum atomic E-state index is -0.516. The molecule has 0 amide bonds. The van der Waals surface area contributed by atoms with Gasteiger partial charge in [-0.1, -0.05) is 12.1 Å². The maximum atomic E-state index is 11.2. The summed E-state index contributed by atoms with van der Waals surface area (Å²) in [5.74, 6) is 1.28. The first-order valence-electron chi connectivity index (χ1n) is 6.09. The van der Waals surface area contributed by atoms with E-state index >= 15 is 0 Å². The quantitative estimate of drug-likeness (QED) is 0.728. The molecule has 21 heavy (non-hydrogen) atoms. The Morgan fingerprint density at radius 1 is 1.29 bits per heavy atom. The van der Waals surface area contributed by atoms with Crippen LogP contribution in [-0.2, 0) is 0 Å². The van der Waals surface area contributed by atoms with Crippen LogP contribution in [0.2, 0.25) is 0 Å². The number of nitrogens with one attached hydrogen (secondary N) is 1. The van der Waals surface area contributed by atoms with Crippen molar-refractivity contribution in [3.63, 3.8) is 0 Å². The number of aromatic amines is 1. The first-order chi connectivity index (χ1) is 10.2. The third-order valence-corrected chi connectivity index (χ3v) is 2.88. The summed E-state index contributed by atoms with van der Waals surface area (Å²) in [6.45, 7) is 0. The predicted molar refractivity (Wildman–Crippen MR) is 76.2 cm³/mol. The van der Waals surface area contributed by atoms with Crippen molar-refractivity contribution in [3.05, 3.63) is 47.1 Å². The Kier molecular flexibility index (Phi) is 3.11. The lowest BCUT2D eigenvalue weighted by Crippen LogP contribution is -2.16. The fourth-order valence-electron chi connectivity index (χ4n) is 1.89. The lowest BCUT2D eigenvalue weighted by Gasteiger charge is -2.02. The van der Waals surface area contributed by atoms with Crippen molar-refractivity contribution >= 4 is 5.82 Å². The molecule has 3 rings (SSSR count). The van der Waals surface area contributed by atoms with Gasteiger partial charge >= 0.3 is 5.69 Å². The molecular formula is C13H12N6O2. The zero-order chi connectivity index (χ0) is 14.8. The van der Waals surface area contributed by atoms with Crippen LogP contribution in [0, 0.1) is 0 Å². The maximum Gasteiger partial charge on any atom is 0.349 e. The summed E-state index contributed by atoms with van der Waals surface area (Å²) in [7, 11) is 1.59.